The molecular formula is C23H32N6O2. The Morgan fingerprint density at radius 1 is 1.26 bits per heavy atom. The van der Waals surface area contributed by atoms with E-state index in [9.17, 15) is 4.79 Å². The monoisotopic (exact) mass is 424 g/mol. The number of unbranched alkanes of at least 4 members (excludes halogenated alkanes) is 1. The number of likely N-dealkylation sites (tertiary alicyclic amines) is 1. The van der Waals surface area contributed by atoms with Crippen LogP contribution in [0.5, 0.6) is 6.01 Å². The molecule has 1 aromatic heterocycles. The summed E-state index contributed by atoms with van der Waals surface area (Å²) in [7, 11) is 0. The van der Waals surface area contributed by atoms with E-state index < -0.39 is 0 Å². The van der Waals surface area contributed by atoms with Crippen molar-refractivity contribution in [3.05, 3.63) is 35.4 Å². The number of nitrogen functional groups attached to an aromatic ring is 1. The van der Waals surface area contributed by atoms with Crippen molar-refractivity contribution in [3.8, 4) is 6.01 Å². The van der Waals surface area contributed by atoms with Gasteiger partial charge >= 0.3 is 6.01 Å². The highest BCUT2D eigenvalue weighted by atomic mass is 16.5. The standard InChI is InChI=1S/C23H32N6O2/c1-3-4-11-31-23-26-21(24)20-22(27-23)29(15-19(30)25-20)14-18-9-5-8-17(12-18)13-28-10-6-7-16(28)2/h5,8-9,12,16H,3-4,6-7,10-11,13-15H2,1-2H3,(H,25,30)(H2,24,26,27)/t16-/m1/s1. The molecule has 1 amide bonds. The first kappa shape index (κ1) is 21.4. The number of nitrogens with two attached hydrogens (primary N) is 1. The van der Waals surface area contributed by atoms with Gasteiger partial charge in [-0.05, 0) is 43.9 Å². The summed E-state index contributed by atoms with van der Waals surface area (Å²) in [5.74, 6) is 0.716. The SMILES string of the molecule is CCCCOc1nc(N)c2c(n1)N(Cc1cccc(CN3CCC[C@H]3C)c1)CC(=O)N2. The molecule has 2 aliphatic rings. The number of carbonyl (C=O) groups excluding carboxylic acids is 1. The number of amides is 1. The summed E-state index contributed by atoms with van der Waals surface area (Å²) < 4.78 is 5.68. The molecule has 4 rings (SSSR count). The van der Waals surface area contributed by atoms with Crippen LogP contribution in [0.2, 0.25) is 0 Å². The van der Waals surface area contributed by atoms with Gasteiger partial charge in [0.2, 0.25) is 5.91 Å². The molecule has 0 unspecified atom stereocenters. The molecule has 0 saturated carbocycles. The first-order chi connectivity index (χ1) is 15.0. The fourth-order valence-electron chi connectivity index (χ4n) is 4.23. The number of carbonyl (C=O) groups is 1. The van der Waals surface area contributed by atoms with E-state index in [-0.39, 0.29) is 24.3 Å². The lowest BCUT2D eigenvalue weighted by molar-refractivity contribution is -0.115. The molecule has 1 fully saturated rings. The number of nitrogens with zero attached hydrogens (tertiary/aromatic N) is 4. The second-order valence-corrected chi connectivity index (χ2v) is 8.48. The molecule has 2 aromatic rings. The number of anilines is 3. The van der Waals surface area contributed by atoms with E-state index in [0.29, 0.717) is 30.7 Å². The van der Waals surface area contributed by atoms with Gasteiger partial charge in [-0.3, -0.25) is 9.69 Å². The average molecular weight is 425 g/mol. The first-order valence-electron chi connectivity index (χ1n) is 11.2. The zero-order valence-corrected chi connectivity index (χ0v) is 18.4. The third-order valence-corrected chi connectivity index (χ3v) is 5.97. The third-order valence-electron chi connectivity index (χ3n) is 5.97. The first-order valence-corrected chi connectivity index (χ1v) is 11.2. The number of ether oxygens (including phenoxy) is 1. The van der Waals surface area contributed by atoms with Crippen LogP contribution in [-0.4, -0.2) is 46.5 Å². The van der Waals surface area contributed by atoms with Crippen LogP contribution in [0.3, 0.4) is 0 Å². The Hall–Kier alpha value is -2.87. The van der Waals surface area contributed by atoms with Gasteiger partial charge in [0.05, 0.1) is 13.2 Å². The molecule has 3 N–H and O–H groups in total. The molecule has 8 heteroatoms. The maximum atomic E-state index is 12.3. The van der Waals surface area contributed by atoms with Crippen LogP contribution in [0.25, 0.3) is 0 Å². The lowest BCUT2D eigenvalue weighted by Crippen LogP contribution is -2.39. The van der Waals surface area contributed by atoms with E-state index >= 15 is 0 Å². The summed E-state index contributed by atoms with van der Waals surface area (Å²) in [4.78, 5) is 25.5. The van der Waals surface area contributed by atoms with Crippen LogP contribution in [0.15, 0.2) is 24.3 Å². The Labute approximate surface area is 183 Å². The number of fused-ring (bicyclic) bond motifs is 1. The molecule has 0 spiro atoms. The van der Waals surface area contributed by atoms with Crippen molar-refractivity contribution in [2.24, 2.45) is 0 Å². The van der Waals surface area contributed by atoms with E-state index in [4.69, 9.17) is 10.5 Å². The van der Waals surface area contributed by atoms with Crippen molar-refractivity contribution in [3.63, 3.8) is 0 Å². The smallest absolute Gasteiger partial charge is 0.320 e. The van der Waals surface area contributed by atoms with E-state index in [1.807, 2.05) is 4.90 Å². The van der Waals surface area contributed by atoms with Crippen molar-refractivity contribution < 1.29 is 9.53 Å². The van der Waals surface area contributed by atoms with Crippen molar-refractivity contribution in [1.82, 2.24) is 14.9 Å². The number of rotatable bonds is 8. The highest BCUT2D eigenvalue weighted by Crippen LogP contribution is 2.34. The molecule has 1 atom stereocenters. The maximum Gasteiger partial charge on any atom is 0.320 e. The lowest BCUT2D eigenvalue weighted by atomic mass is 10.1. The van der Waals surface area contributed by atoms with Gasteiger partial charge in [0.15, 0.2) is 11.6 Å². The summed E-state index contributed by atoms with van der Waals surface area (Å²) in [6, 6.07) is 9.46. The predicted molar refractivity (Wildman–Crippen MR) is 122 cm³/mol. The minimum Gasteiger partial charge on any atom is -0.463 e. The van der Waals surface area contributed by atoms with Crippen molar-refractivity contribution in [1.29, 1.82) is 0 Å². The van der Waals surface area contributed by atoms with E-state index in [2.05, 4.69) is 58.3 Å². The summed E-state index contributed by atoms with van der Waals surface area (Å²) in [6.45, 7) is 7.82. The van der Waals surface area contributed by atoms with Gasteiger partial charge < -0.3 is 20.7 Å². The number of benzene rings is 1. The van der Waals surface area contributed by atoms with Crippen LogP contribution in [0.1, 0.15) is 50.7 Å². The Balaban J connectivity index is 1.54. The molecule has 2 aliphatic heterocycles. The number of nitrogens with one attached hydrogen (secondary N) is 1. The van der Waals surface area contributed by atoms with E-state index in [0.717, 1.165) is 31.5 Å². The predicted octanol–water partition coefficient (Wildman–Crippen LogP) is 3.18. The van der Waals surface area contributed by atoms with Crippen molar-refractivity contribution >= 4 is 23.2 Å². The lowest BCUT2D eigenvalue weighted by Gasteiger charge is -2.30. The minimum absolute atomic E-state index is 0.121. The summed E-state index contributed by atoms with van der Waals surface area (Å²) in [5.41, 5.74) is 9.00. The van der Waals surface area contributed by atoms with Crippen LogP contribution in [0.4, 0.5) is 17.3 Å². The summed E-state index contributed by atoms with van der Waals surface area (Å²) in [6.07, 6.45) is 4.48. The molecule has 1 saturated heterocycles. The Kier molecular flexibility index (Phi) is 6.56. The van der Waals surface area contributed by atoms with E-state index in [1.54, 1.807) is 0 Å². The second-order valence-electron chi connectivity index (χ2n) is 8.48. The fourth-order valence-corrected chi connectivity index (χ4v) is 4.23. The van der Waals surface area contributed by atoms with Crippen molar-refractivity contribution in [2.45, 2.75) is 58.7 Å². The maximum absolute atomic E-state index is 12.3. The molecule has 0 aliphatic carbocycles. The Morgan fingerprint density at radius 3 is 2.81 bits per heavy atom. The van der Waals surface area contributed by atoms with Gasteiger partial charge in [0.25, 0.3) is 0 Å². The molecule has 0 bridgehead atoms. The van der Waals surface area contributed by atoms with Gasteiger partial charge in [-0.1, -0.05) is 37.6 Å². The molecule has 1 aromatic carbocycles. The van der Waals surface area contributed by atoms with Gasteiger partial charge in [-0.15, -0.1) is 0 Å². The Bertz CT molecular complexity index is 934. The largest absolute Gasteiger partial charge is 0.463 e. The van der Waals surface area contributed by atoms with Gasteiger partial charge in [-0.25, -0.2) is 0 Å². The van der Waals surface area contributed by atoms with Gasteiger partial charge in [-0.2, -0.15) is 9.97 Å². The highest BCUT2D eigenvalue weighted by molar-refractivity contribution is 6.03. The van der Waals surface area contributed by atoms with Crippen molar-refractivity contribution in [2.75, 3.05) is 35.6 Å². The number of hydrogen-bond donors (Lipinski definition) is 2. The molecular weight excluding hydrogens is 392 g/mol. The number of aromatic nitrogens is 2. The molecule has 166 valence electrons. The topological polar surface area (TPSA) is 96.6 Å². The zero-order chi connectivity index (χ0) is 21.8. The molecule has 3 heterocycles. The van der Waals surface area contributed by atoms with Crippen LogP contribution in [0, 0.1) is 0 Å². The fraction of sp³-hybridized carbons (Fsp3) is 0.522. The minimum atomic E-state index is -0.121. The average Bonchev–Trinajstić information content (AvgIpc) is 3.14. The molecule has 0 radical (unpaired) electrons. The van der Waals surface area contributed by atoms with Crippen LogP contribution < -0.4 is 20.7 Å². The third kappa shape index (κ3) is 5.07. The van der Waals surface area contributed by atoms with Crippen LogP contribution >= 0.6 is 0 Å². The zero-order valence-electron chi connectivity index (χ0n) is 18.4. The van der Waals surface area contributed by atoms with Crippen LogP contribution in [-0.2, 0) is 17.9 Å². The highest BCUT2D eigenvalue weighted by Gasteiger charge is 2.27. The molecule has 8 nitrogen and oxygen atoms in total. The second kappa shape index (κ2) is 9.51. The molecule has 31 heavy (non-hydrogen) atoms. The Morgan fingerprint density at radius 2 is 2.06 bits per heavy atom. The van der Waals surface area contributed by atoms with Gasteiger partial charge in [0.1, 0.15) is 5.69 Å². The summed E-state index contributed by atoms with van der Waals surface area (Å²) >= 11 is 0. The summed E-state index contributed by atoms with van der Waals surface area (Å²) in [5, 5.41) is 2.81. The number of hydrogen-bond acceptors (Lipinski definition) is 7. The van der Waals surface area contributed by atoms with Gasteiger partial charge in [0, 0.05) is 19.1 Å². The normalized spacial score (nSPS) is 18.7. The van der Waals surface area contributed by atoms with E-state index in [1.165, 1.54) is 18.4 Å². The quantitative estimate of drug-likeness (QED) is 0.628.